The van der Waals surface area contributed by atoms with Crippen LogP contribution in [0, 0.1) is 11.8 Å². The minimum absolute atomic E-state index is 0.0281. The number of aromatic amines is 1. The molecule has 1 spiro atoms. The van der Waals surface area contributed by atoms with Crippen LogP contribution in [0.5, 0.6) is 0 Å². The van der Waals surface area contributed by atoms with Gasteiger partial charge in [-0.2, -0.15) is 0 Å². The molecular weight excluding hydrogens is 474 g/mol. The lowest BCUT2D eigenvalue weighted by molar-refractivity contribution is 0.0652. The number of ketones is 3. The standard InChI is InChI=1S/C29H24ClN3O3/c1-15(2)24-22(16-11-13-17(30)14-12-16)23(25(34)28-31-20-9-5-6-10-21(20)32-28)29(33-24)26(35)18-7-3-4-8-19(18)27(29)36/h3-15,22-24,33H,1-2H3,(H,31,32). The molecule has 1 aliphatic heterocycles. The summed E-state index contributed by atoms with van der Waals surface area (Å²) in [5, 5.41) is 3.99. The monoisotopic (exact) mass is 497 g/mol. The number of carbonyl (C=O) groups excluding carboxylic acids is 3. The van der Waals surface area contributed by atoms with E-state index >= 15 is 0 Å². The molecule has 6 rings (SSSR count). The summed E-state index contributed by atoms with van der Waals surface area (Å²) < 4.78 is 0. The SMILES string of the molecule is CC(C)C1NC2(C(=O)c3ccccc3C2=O)C(C(=O)c2nc3ccccc3[nH]2)C1c1ccc(Cl)cc1. The third-order valence-electron chi connectivity index (χ3n) is 7.62. The molecule has 2 aliphatic rings. The van der Waals surface area contributed by atoms with Gasteiger partial charge < -0.3 is 4.98 Å². The summed E-state index contributed by atoms with van der Waals surface area (Å²) in [6, 6.07) is 21.2. The average molecular weight is 498 g/mol. The number of fused-ring (bicyclic) bond motifs is 2. The minimum Gasteiger partial charge on any atom is -0.335 e. The van der Waals surface area contributed by atoms with Gasteiger partial charge in [0, 0.05) is 28.1 Å². The number of halogens is 1. The highest BCUT2D eigenvalue weighted by Gasteiger charge is 2.68. The number of benzene rings is 3. The lowest BCUT2D eigenvalue weighted by Crippen LogP contribution is -2.58. The molecule has 36 heavy (non-hydrogen) atoms. The Hall–Kier alpha value is -3.61. The van der Waals surface area contributed by atoms with Gasteiger partial charge in [-0.05, 0) is 35.7 Å². The van der Waals surface area contributed by atoms with Crippen LogP contribution in [-0.4, -0.2) is 38.9 Å². The topological polar surface area (TPSA) is 91.9 Å². The molecule has 0 bridgehead atoms. The zero-order chi connectivity index (χ0) is 25.2. The van der Waals surface area contributed by atoms with Gasteiger partial charge in [0.05, 0.1) is 17.0 Å². The predicted octanol–water partition coefficient (Wildman–Crippen LogP) is 5.24. The van der Waals surface area contributed by atoms with Gasteiger partial charge >= 0.3 is 0 Å². The van der Waals surface area contributed by atoms with Crippen molar-refractivity contribution in [1.82, 2.24) is 15.3 Å². The first kappa shape index (κ1) is 22.8. The number of carbonyl (C=O) groups is 3. The van der Waals surface area contributed by atoms with Gasteiger partial charge in [0.25, 0.3) is 0 Å². The quantitative estimate of drug-likeness (QED) is 0.297. The maximum atomic E-state index is 14.4. The van der Waals surface area contributed by atoms with Crippen LogP contribution in [0.2, 0.25) is 5.02 Å². The normalized spacial score (nSPS) is 22.6. The second kappa shape index (κ2) is 8.22. The molecule has 3 unspecified atom stereocenters. The second-order valence-corrected chi connectivity index (χ2v) is 10.4. The lowest BCUT2D eigenvalue weighted by Gasteiger charge is -2.29. The van der Waals surface area contributed by atoms with E-state index in [0.717, 1.165) is 11.1 Å². The maximum absolute atomic E-state index is 14.4. The van der Waals surface area contributed by atoms with Crippen molar-refractivity contribution in [3.63, 3.8) is 0 Å². The Morgan fingerprint density at radius 1 is 0.917 bits per heavy atom. The van der Waals surface area contributed by atoms with Gasteiger partial charge in [0.15, 0.2) is 22.9 Å². The molecule has 3 atom stereocenters. The molecule has 2 heterocycles. The van der Waals surface area contributed by atoms with E-state index < -0.39 is 17.4 Å². The van der Waals surface area contributed by atoms with Gasteiger partial charge in [0.1, 0.15) is 0 Å². The van der Waals surface area contributed by atoms with Crippen molar-refractivity contribution in [3.05, 3.63) is 100 Å². The zero-order valence-corrected chi connectivity index (χ0v) is 20.5. The number of rotatable bonds is 4. The largest absolute Gasteiger partial charge is 0.335 e. The number of aromatic nitrogens is 2. The third kappa shape index (κ3) is 3.14. The molecule has 0 radical (unpaired) electrons. The molecule has 1 fully saturated rings. The number of nitrogens with one attached hydrogen (secondary N) is 2. The van der Waals surface area contributed by atoms with Crippen LogP contribution >= 0.6 is 11.6 Å². The second-order valence-electron chi connectivity index (χ2n) is 9.95. The van der Waals surface area contributed by atoms with Gasteiger partial charge in [-0.25, -0.2) is 4.98 Å². The van der Waals surface area contributed by atoms with E-state index in [2.05, 4.69) is 15.3 Å². The summed E-state index contributed by atoms with van der Waals surface area (Å²) in [4.78, 5) is 50.2. The summed E-state index contributed by atoms with van der Waals surface area (Å²) in [6.45, 7) is 4.05. The van der Waals surface area contributed by atoms with Gasteiger partial charge in [-0.1, -0.05) is 74.0 Å². The van der Waals surface area contributed by atoms with E-state index in [4.69, 9.17) is 11.6 Å². The van der Waals surface area contributed by atoms with Crippen molar-refractivity contribution in [2.75, 3.05) is 0 Å². The average Bonchev–Trinajstić information content (AvgIpc) is 3.54. The van der Waals surface area contributed by atoms with Crippen molar-refractivity contribution in [2.24, 2.45) is 11.8 Å². The highest BCUT2D eigenvalue weighted by molar-refractivity contribution is 6.35. The smallest absolute Gasteiger partial charge is 0.204 e. The van der Waals surface area contributed by atoms with Crippen LogP contribution in [0.1, 0.15) is 56.7 Å². The molecule has 180 valence electrons. The maximum Gasteiger partial charge on any atom is 0.204 e. The number of imidazole rings is 1. The molecule has 1 aromatic heterocycles. The number of para-hydroxylation sites is 2. The zero-order valence-electron chi connectivity index (χ0n) is 19.8. The van der Waals surface area contributed by atoms with Crippen LogP contribution in [-0.2, 0) is 0 Å². The summed E-state index contributed by atoms with van der Waals surface area (Å²) in [7, 11) is 0. The fourth-order valence-electron chi connectivity index (χ4n) is 5.98. The van der Waals surface area contributed by atoms with E-state index in [-0.39, 0.29) is 35.1 Å². The number of hydrogen-bond donors (Lipinski definition) is 2. The summed E-state index contributed by atoms with van der Waals surface area (Å²) >= 11 is 6.18. The molecule has 4 aromatic rings. The van der Waals surface area contributed by atoms with Crippen molar-refractivity contribution in [3.8, 4) is 0 Å². The first-order valence-electron chi connectivity index (χ1n) is 12.0. The van der Waals surface area contributed by atoms with E-state index in [9.17, 15) is 14.4 Å². The molecule has 7 heteroatoms. The van der Waals surface area contributed by atoms with Crippen molar-refractivity contribution in [1.29, 1.82) is 0 Å². The molecule has 0 saturated carbocycles. The predicted molar refractivity (Wildman–Crippen MR) is 138 cm³/mol. The first-order chi connectivity index (χ1) is 17.3. The Morgan fingerprint density at radius 3 is 2.14 bits per heavy atom. The molecule has 2 N–H and O–H groups in total. The summed E-state index contributed by atoms with van der Waals surface area (Å²) in [5.41, 5.74) is 1.19. The Balaban J connectivity index is 1.59. The molecule has 1 aliphatic carbocycles. The molecule has 3 aromatic carbocycles. The highest BCUT2D eigenvalue weighted by atomic mass is 35.5. The Labute approximate surface area is 213 Å². The molecule has 0 amide bonds. The number of nitrogens with zero attached hydrogens (tertiary/aromatic N) is 1. The van der Waals surface area contributed by atoms with Crippen LogP contribution in [0.15, 0.2) is 72.8 Å². The highest BCUT2D eigenvalue weighted by Crippen LogP contribution is 2.51. The number of Topliss-reactive ketones (excluding diaryl/α,β-unsaturated/α-hetero) is 3. The van der Waals surface area contributed by atoms with Gasteiger partial charge in [-0.15, -0.1) is 0 Å². The molecular formula is C29H24ClN3O3. The summed E-state index contributed by atoms with van der Waals surface area (Å²) in [6.07, 6.45) is 0. The molecule has 6 nitrogen and oxygen atoms in total. The van der Waals surface area contributed by atoms with Crippen LogP contribution in [0.4, 0.5) is 0 Å². The van der Waals surface area contributed by atoms with E-state index in [1.54, 1.807) is 36.4 Å². The fourth-order valence-corrected chi connectivity index (χ4v) is 6.11. The van der Waals surface area contributed by atoms with Crippen molar-refractivity contribution < 1.29 is 14.4 Å². The Bertz CT molecular complexity index is 1470. The third-order valence-corrected chi connectivity index (χ3v) is 7.87. The number of hydrogen-bond acceptors (Lipinski definition) is 5. The summed E-state index contributed by atoms with van der Waals surface area (Å²) in [5.74, 6) is -2.37. The Morgan fingerprint density at radius 2 is 1.53 bits per heavy atom. The molecule has 1 saturated heterocycles. The minimum atomic E-state index is -1.71. The Kier molecular flexibility index (Phi) is 5.21. The van der Waals surface area contributed by atoms with Crippen LogP contribution < -0.4 is 5.32 Å². The van der Waals surface area contributed by atoms with Gasteiger partial charge in [-0.3, -0.25) is 19.7 Å². The lowest BCUT2D eigenvalue weighted by atomic mass is 9.70. The van der Waals surface area contributed by atoms with Crippen molar-refractivity contribution >= 4 is 40.0 Å². The van der Waals surface area contributed by atoms with E-state index in [1.807, 2.05) is 50.2 Å². The van der Waals surface area contributed by atoms with E-state index in [1.165, 1.54) is 0 Å². The number of H-pyrrole nitrogens is 1. The van der Waals surface area contributed by atoms with Crippen LogP contribution in [0.25, 0.3) is 11.0 Å². The van der Waals surface area contributed by atoms with Crippen LogP contribution in [0.3, 0.4) is 0 Å². The van der Waals surface area contributed by atoms with Crippen molar-refractivity contribution in [2.45, 2.75) is 31.3 Å². The van der Waals surface area contributed by atoms with E-state index in [0.29, 0.717) is 21.7 Å². The van der Waals surface area contributed by atoms with Gasteiger partial charge in [0.2, 0.25) is 5.78 Å². The first-order valence-corrected chi connectivity index (χ1v) is 12.4. The fraction of sp³-hybridized carbons (Fsp3) is 0.241.